The molecule has 0 aliphatic carbocycles. The predicted octanol–water partition coefficient (Wildman–Crippen LogP) is -0.743. The third-order valence-corrected chi connectivity index (χ3v) is 0.300. The van der Waals surface area contributed by atoms with E-state index in [1.54, 1.807) is 0 Å². The fraction of sp³-hybridized carbons (Fsp3) is 1.00. The van der Waals surface area contributed by atoms with Gasteiger partial charge >= 0.3 is 29.6 Å². The van der Waals surface area contributed by atoms with Gasteiger partial charge in [-0.05, 0) is 0 Å². The van der Waals surface area contributed by atoms with Gasteiger partial charge in [0.2, 0.25) is 0 Å². The molecule has 0 unspecified atom stereocenters. The van der Waals surface area contributed by atoms with Gasteiger partial charge in [0, 0.05) is 33.4 Å². The molecule has 0 aromatic carbocycles. The normalized spacial score (nSPS) is 5.00. The number of thiol groups is 1. The molecule has 0 spiro atoms. The number of hydrogen-bond acceptors (Lipinski definition) is 2. The molecule has 0 amide bonds. The summed E-state index contributed by atoms with van der Waals surface area (Å²) >= 11 is 3.67. The Kier molecular flexibility index (Phi) is 41.1. The van der Waals surface area contributed by atoms with E-state index in [2.05, 4.69) is 12.6 Å². The third kappa shape index (κ3) is 16.3. The molecular formula is C2H7HgNaOS. The Labute approximate surface area is 86.1 Å². The molecule has 0 saturated carbocycles. The van der Waals surface area contributed by atoms with Crippen molar-refractivity contribution >= 4 is 42.2 Å². The average Bonchev–Trinajstić information content (AvgIpc) is 1.37. The zero-order valence-corrected chi connectivity index (χ0v) is 9.41. The molecule has 0 rings (SSSR count). The summed E-state index contributed by atoms with van der Waals surface area (Å²) in [6.07, 6.45) is 0. The maximum absolute atomic E-state index is 7.80. The summed E-state index contributed by atoms with van der Waals surface area (Å²) in [5.74, 6) is 0.569. The van der Waals surface area contributed by atoms with Crippen molar-refractivity contribution in [1.82, 2.24) is 0 Å². The summed E-state index contributed by atoms with van der Waals surface area (Å²) in [6.45, 7) is 0.184. The third-order valence-electron chi connectivity index (χ3n) is 0.1000. The molecule has 0 aliphatic rings. The van der Waals surface area contributed by atoms with E-state index in [4.69, 9.17) is 5.11 Å². The Hall–Kier alpha value is 2.25. The fourth-order valence-electron chi connectivity index (χ4n) is 0. The van der Waals surface area contributed by atoms with Crippen LogP contribution in [-0.4, -0.2) is 47.0 Å². The Morgan fingerprint density at radius 2 is 1.67 bits per heavy atom. The predicted molar refractivity (Wildman–Crippen MR) is 28.1 cm³/mol. The molecule has 0 bridgehead atoms. The van der Waals surface area contributed by atoms with Crippen molar-refractivity contribution in [1.29, 1.82) is 0 Å². The minimum absolute atomic E-state index is 0. The molecule has 1 N–H and O–H groups in total. The van der Waals surface area contributed by atoms with Crippen molar-refractivity contribution in [2.24, 2.45) is 0 Å². The molecular weight excluding hydrogens is 296 g/mol. The van der Waals surface area contributed by atoms with Gasteiger partial charge in [0.15, 0.2) is 0 Å². The summed E-state index contributed by atoms with van der Waals surface area (Å²) in [4.78, 5) is 0. The van der Waals surface area contributed by atoms with Crippen LogP contribution in [0.2, 0.25) is 0 Å². The minimum atomic E-state index is 0. The molecule has 0 radical (unpaired) electrons. The first-order valence-corrected chi connectivity index (χ1v) is 1.76. The summed E-state index contributed by atoms with van der Waals surface area (Å²) in [7, 11) is 0. The Balaban J connectivity index is -0.0000000450. The molecule has 0 aromatic heterocycles. The monoisotopic (exact) mass is 304 g/mol. The van der Waals surface area contributed by atoms with Crippen molar-refractivity contribution < 1.29 is 32.8 Å². The number of aliphatic hydroxyl groups is 1. The summed E-state index contributed by atoms with van der Waals surface area (Å²) in [6, 6.07) is 0. The van der Waals surface area contributed by atoms with Gasteiger partial charge in [0.05, 0.1) is 6.61 Å². The molecule has 4 heteroatoms. The van der Waals surface area contributed by atoms with Gasteiger partial charge in [0.1, 0.15) is 0 Å². The first kappa shape index (κ1) is 15.7. The van der Waals surface area contributed by atoms with Crippen molar-refractivity contribution in [3.05, 3.63) is 0 Å². The Morgan fingerprint density at radius 1 is 1.50 bits per heavy atom. The van der Waals surface area contributed by atoms with Crippen molar-refractivity contribution in [3.63, 3.8) is 0 Å². The van der Waals surface area contributed by atoms with Crippen LogP contribution in [0.1, 0.15) is 0 Å². The first-order chi connectivity index (χ1) is 1.91. The van der Waals surface area contributed by atoms with Crippen LogP contribution in [0.5, 0.6) is 0 Å². The van der Waals surface area contributed by atoms with Crippen LogP contribution in [-0.2, 0) is 27.7 Å². The van der Waals surface area contributed by atoms with Gasteiger partial charge in [-0.15, -0.1) is 0 Å². The Bertz CT molecular complexity index is 15.5. The topological polar surface area (TPSA) is 20.2 Å². The van der Waals surface area contributed by atoms with Gasteiger partial charge in [-0.3, -0.25) is 0 Å². The SMILES string of the molecule is OCCS.[Hg].[NaH]. The second-order valence-corrected chi connectivity index (χ2v) is 0.894. The fourth-order valence-corrected chi connectivity index (χ4v) is 0. The van der Waals surface area contributed by atoms with E-state index >= 15 is 0 Å². The van der Waals surface area contributed by atoms with Gasteiger partial charge in [-0.2, -0.15) is 12.6 Å². The van der Waals surface area contributed by atoms with Crippen LogP contribution >= 0.6 is 12.6 Å². The molecule has 1 nitrogen and oxygen atoms in total. The van der Waals surface area contributed by atoms with Crippen LogP contribution in [0.15, 0.2) is 0 Å². The van der Waals surface area contributed by atoms with Crippen LogP contribution in [0.3, 0.4) is 0 Å². The molecule has 30 valence electrons. The number of rotatable bonds is 1. The number of hydrogen-bond donors (Lipinski definition) is 2. The van der Waals surface area contributed by atoms with E-state index in [9.17, 15) is 0 Å². The molecule has 0 heterocycles. The van der Waals surface area contributed by atoms with E-state index in [1.807, 2.05) is 0 Å². The zero-order chi connectivity index (χ0) is 3.41. The first-order valence-electron chi connectivity index (χ1n) is 1.13. The van der Waals surface area contributed by atoms with Gasteiger partial charge in [-0.1, -0.05) is 0 Å². The Morgan fingerprint density at radius 3 is 1.67 bits per heavy atom. The molecule has 0 aliphatic heterocycles. The van der Waals surface area contributed by atoms with E-state index in [0.717, 1.165) is 0 Å². The van der Waals surface area contributed by atoms with E-state index in [0.29, 0.717) is 5.75 Å². The summed E-state index contributed by atoms with van der Waals surface area (Å²) in [5, 5.41) is 7.80. The van der Waals surface area contributed by atoms with E-state index < -0.39 is 0 Å². The molecule has 0 saturated heterocycles. The van der Waals surface area contributed by atoms with Gasteiger partial charge in [-0.25, -0.2) is 0 Å². The standard InChI is InChI=1S/C2H6OS.Hg.Na.H/c3-1-2-4;;;/h3-4H,1-2H2;;;. The summed E-state index contributed by atoms with van der Waals surface area (Å²) in [5.41, 5.74) is 0. The van der Waals surface area contributed by atoms with Crippen molar-refractivity contribution in [3.8, 4) is 0 Å². The summed E-state index contributed by atoms with van der Waals surface area (Å²) < 4.78 is 0. The van der Waals surface area contributed by atoms with Crippen molar-refractivity contribution in [2.45, 2.75) is 0 Å². The second kappa shape index (κ2) is 15.7. The van der Waals surface area contributed by atoms with Crippen LogP contribution in [0, 0.1) is 0 Å². The van der Waals surface area contributed by atoms with Gasteiger partial charge in [0.25, 0.3) is 0 Å². The van der Waals surface area contributed by atoms with Crippen molar-refractivity contribution in [2.75, 3.05) is 12.4 Å². The van der Waals surface area contributed by atoms with E-state index in [1.165, 1.54) is 0 Å². The molecule has 0 atom stereocenters. The maximum atomic E-state index is 7.80. The molecule has 6 heavy (non-hydrogen) atoms. The number of aliphatic hydroxyl groups excluding tert-OH is 1. The van der Waals surface area contributed by atoms with Crippen LogP contribution in [0.4, 0.5) is 0 Å². The second-order valence-electron chi connectivity index (χ2n) is 0.447. The molecule has 0 fully saturated rings. The van der Waals surface area contributed by atoms with E-state index in [-0.39, 0.29) is 63.8 Å². The molecule has 0 aromatic rings. The van der Waals surface area contributed by atoms with Crippen LogP contribution in [0.25, 0.3) is 0 Å². The average molecular weight is 303 g/mol. The van der Waals surface area contributed by atoms with Gasteiger partial charge < -0.3 is 5.11 Å². The van der Waals surface area contributed by atoms with Crippen LogP contribution < -0.4 is 0 Å². The zero-order valence-electron chi connectivity index (χ0n) is 3.02. The quantitative estimate of drug-likeness (QED) is 0.483.